The minimum atomic E-state index is -3.68. The molecule has 2 N–H and O–H groups in total. The minimum absolute atomic E-state index is 0.0181. The summed E-state index contributed by atoms with van der Waals surface area (Å²) < 4.78 is 54.5. The summed E-state index contributed by atoms with van der Waals surface area (Å²) in [6, 6.07) is 11.6. The summed E-state index contributed by atoms with van der Waals surface area (Å²) in [6.45, 7) is 0.511. The lowest BCUT2D eigenvalue weighted by molar-refractivity contribution is 0.0980. The van der Waals surface area contributed by atoms with Gasteiger partial charge in [-0.1, -0.05) is 6.07 Å². The molecule has 2 aromatic carbocycles. The van der Waals surface area contributed by atoms with E-state index in [4.69, 9.17) is 0 Å². The number of hydrogen-bond acceptors (Lipinski definition) is 5. The fourth-order valence-corrected chi connectivity index (χ4v) is 7.84. The van der Waals surface area contributed by atoms with Crippen molar-refractivity contribution in [2.75, 3.05) is 22.4 Å². The predicted octanol–water partition coefficient (Wildman–Crippen LogP) is 3.75. The lowest BCUT2D eigenvalue weighted by Crippen LogP contribution is -2.40. The van der Waals surface area contributed by atoms with E-state index in [-0.39, 0.29) is 22.3 Å². The molecule has 2 aromatic rings. The summed E-state index contributed by atoms with van der Waals surface area (Å²) in [7, 11) is -7.11. The van der Waals surface area contributed by atoms with Gasteiger partial charge in [0.15, 0.2) is 0 Å². The van der Waals surface area contributed by atoms with Gasteiger partial charge in [-0.25, -0.2) is 21.6 Å². The van der Waals surface area contributed by atoms with Crippen LogP contribution in [-0.4, -0.2) is 41.6 Å². The number of anilines is 2. The van der Waals surface area contributed by atoms with Gasteiger partial charge in [-0.15, -0.1) is 0 Å². The van der Waals surface area contributed by atoms with Crippen molar-refractivity contribution in [3.63, 3.8) is 0 Å². The lowest BCUT2D eigenvalue weighted by atomic mass is 9.66. The molecule has 0 aromatic heterocycles. The largest absolute Gasteiger partial charge is 0.307 e. The maximum Gasteiger partial charge on any atom is 0.258 e. The second kappa shape index (κ2) is 8.03. The summed E-state index contributed by atoms with van der Waals surface area (Å²) in [5, 5.41) is 0. The highest BCUT2D eigenvalue weighted by Gasteiger charge is 2.53. The molecule has 4 aliphatic rings. The van der Waals surface area contributed by atoms with Crippen molar-refractivity contribution >= 4 is 37.3 Å². The van der Waals surface area contributed by atoms with Crippen LogP contribution in [-0.2, 0) is 25.5 Å². The van der Waals surface area contributed by atoms with E-state index in [1.807, 2.05) is 12.1 Å². The number of carbonyl (C=O) groups is 1. The number of rotatable bonds is 6. The highest BCUT2D eigenvalue weighted by Crippen LogP contribution is 2.62. The Morgan fingerprint density at radius 1 is 0.944 bits per heavy atom. The molecule has 0 radical (unpaired) electrons. The van der Waals surface area contributed by atoms with E-state index in [1.54, 1.807) is 23.1 Å². The summed E-state index contributed by atoms with van der Waals surface area (Å²) in [4.78, 5) is 15.6. The van der Waals surface area contributed by atoms with Gasteiger partial charge in [0.05, 0.1) is 11.2 Å². The summed E-state index contributed by atoms with van der Waals surface area (Å²) >= 11 is 0. The molecule has 0 saturated heterocycles. The molecular weight excluding hydrogens is 498 g/mol. The van der Waals surface area contributed by atoms with Crippen molar-refractivity contribution in [3.8, 4) is 0 Å². The first kappa shape index (κ1) is 23.9. The first-order valence-corrected chi connectivity index (χ1v) is 15.9. The smallest absolute Gasteiger partial charge is 0.258 e. The summed E-state index contributed by atoms with van der Waals surface area (Å²) in [5.41, 5.74) is 2.82. The molecule has 6 rings (SSSR count). The zero-order valence-corrected chi connectivity index (χ0v) is 21.9. The van der Waals surface area contributed by atoms with Crippen LogP contribution in [0.2, 0.25) is 0 Å². The quantitative estimate of drug-likeness (QED) is 0.592. The number of amides is 1. The SMILES string of the molecule is CS(=O)(=O)Nc1ccc2c(c1)C1(CCC3(CC3)CC1)CN2C(=O)c1cccc(S(=O)(=O)NC2CC2)c1. The van der Waals surface area contributed by atoms with Gasteiger partial charge in [-0.05, 0) is 98.7 Å². The number of nitrogens with zero attached hydrogens (tertiary/aromatic N) is 1. The lowest BCUT2D eigenvalue weighted by Gasteiger charge is -2.38. The molecule has 0 bridgehead atoms. The van der Waals surface area contributed by atoms with Gasteiger partial charge in [0.25, 0.3) is 5.91 Å². The Balaban J connectivity index is 1.35. The molecule has 36 heavy (non-hydrogen) atoms. The molecule has 1 amide bonds. The van der Waals surface area contributed by atoms with Crippen molar-refractivity contribution in [1.29, 1.82) is 0 Å². The van der Waals surface area contributed by atoms with E-state index < -0.39 is 20.0 Å². The fraction of sp³-hybridized carbons (Fsp3) is 0.500. The van der Waals surface area contributed by atoms with Crippen LogP contribution in [0.1, 0.15) is 67.3 Å². The molecule has 0 unspecified atom stereocenters. The van der Waals surface area contributed by atoms with Gasteiger partial charge in [-0.3, -0.25) is 9.52 Å². The zero-order chi connectivity index (χ0) is 25.3. The number of carbonyl (C=O) groups excluding carboxylic acids is 1. The van der Waals surface area contributed by atoms with Crippen molar-refractivity contribution in [2.24, 2.45) is 5.41 Å². The maximum atomic E-state index is 13.8. The van der Waals surface area contributed by atoms with Crippen molar-refractivity contribution in [1.82, 2.24) is 4.72 Å². The Kier molecular flexibility index (Phi) is 5.34. The van der Waals surface area contributed by atoms with Gasteiger partial charge in [0.1, 0.15) is 0 Å². The maximum absolute atomic E-state index is 13.8. The normalized spacial score (nSPS) is 22.0. The zero-order valence-electron chi connectivity index (χ0n) is 20.3. The van der Waals surface area contributed by atoms with E-state index in [2.05, 4.69) is 9.44 Å². The molecular formula is C26H31N3O5S2. The van der Waals surface area contributed by atoms with Crippen LogP contribution in [0.3, 0.4) is 0 Å². The van der Waals surface area contributed by atoms with E-state index in [0.29, 0.717) is 23.2 Å². The molecule has 8 nitrogen and oxygen atoms in total. The fourth-order valence-electron chi connectivity index (χ4n) is 5.93. The number of fused-ring (bicyclic) bond motifs is 2. The van der Waals surface area contributed by atoms with Crippen LogP contribution in [0.25, 0.3) is 0 Å². The van der Waals surface area contributed by atoms with Crippen LogP contribution >= 0.6 is 0 Å². The topological polar surface area (TPSA) is 113 Å². The minimum Gasteiger partial charge on any atom is -0.307 e. The number of hydrogen-bond donors (Lipinski definition) is 2. The first-order chi connectivity index (χ1) is 17.0. The van der Waals surface area contributed by atoms with Crippen LogP contribution in [0, 0.1) is 5.41 Å². The van der Waals surface area contributed by atoms with Gasteiger partial charge in [0.2, 0.25) is 20.0 Å². The molecule has 10 heteroatoms. The molecule has 3 fully saturated rings. The van der Waals surface area contributed by atoms with E-state index in [1.165, 1.54) is 25.0 Å². The monoisotopic (exact) mass is 529 g/mol. The molecule has 1 aliphatic heterocycles. The van der Waals surface area contributed by atoms with Gasteiger partial charge in [-0.2, -0.15) is 0 Å². The summed E-state index contributed by atoms with van der Waals surface area (Å²) in [6.07, 6.45) is 9.45. The predicted molar refractivity (Wildman–Crippen MR) is 138 cm³/mol. The average Bonchev–Trinajstić information content (AvgIpc) is 3.76. The number of benzene rings is 2. The van der Waals surface area contributed by atoms with E-state index in [0.717, 1.165) is 56.0 Å². The summed E-state index contributed by atoms with van der Waals surface area (Å²) in [5.74, 6) is -0.243. The first-order valence-electron chi connectivity index (χ1n) is 12.5. The third kappa shape index (κ3) is 4.43. The highest BCUT2D eigenvalue weighted by molar-refractivity contribution is 7.92. The van der Waals surface area contributed by atoms with Crippen LogP contribution in [0.5, 0.6) is 0 Å². The molecule has 1 heterocycles. The van der Waals surface area contributed by atoms with Crippen LogP contribution < -0.4 is 14.3 Å². The Morgan fingerprint density at radius 3 is 2.28 bits per heavy atom. The van der Waals surface area contributed by atoms with E-state index in [9.17, 15) is 21.6 Å². The van der Waals surface area contributed by atoms with Crippen molar-refractivity contribution in [3.05, 3.63) is 53.6 Å². The molecule has 2 spiro atoms. The highest BCUT2D eigenvalue weighted by atomic mass is 32.2. The third-order valence-electron chi connectivity index (χ3n) is 8.38. The van der Waals surface area contributed by atoms with Crippen molar-refractivity contribution < 1.29 is 21.6 Å². The Bertz CT molecular complexity index is 1450. The van der Waals surface area contributed by atoms with Gasteiger partial charge in [0, 0.05) is 34.9 Å². The van der Waals surface area contributed by atoms with Crippen LogP contribution in [0.15, 0.2) is 47.4 Å². The molecule has 0 atom stereocenters. The molecule has 3 saturated carbocycles. The Morgan fingerprint density at radius 2 is 1.64 bits per heavy atom. The Labute approximate surface area is 212 Å². The van der Waals surface area contributed by atoms with Gasteiger partial charge < -0.3 is 4.90 Å². The van der Waals surface area contributed by atoms with Crippen molar-refractivity contribution in [2.45, 2.75) is 67.7 Å². The second-order valence-corrected chi connectivity index (χ2v) is 14.7. The van der Waals surface area contributed by atoms with Gasteiger partial charge >= 0.3 is 0 Å². The second-order valence-electron chi connectivity index (χ2n) is 11.2. The average molecular weight is 530 g/mol. The molecule has 3 aliphatic carbocycles. The van der Waals surface area contributed by atoms with E-state index >= 15 is 0 Å². The Hall–Kier alpha value is -2.43. The van der Waals surface area contributed by atoms with Crippen LogP contribution in [0.4, 0.5) is 11.4 Å². The number of nitrogens with one attached hydrogen (secondary N) is 2. The molecule has 192 valence electrons. The number of sulfonamides is 2. The standard InChI is InChI=1S/C26H31N3O5S2/c1-35(31,32)27-20-7-8-23-22(16-20)26(13-11-25(9-10-25)12-14-26)17-29(23)24(30)18-3-2-4-21(15-18)36(33,34)28-19-5-6-19/h2-4,7-8,15-16,19,27-28H,5-6,9-14,17H2,1H3. The third-order valence-corrected chi connectivity index (χ3v) is 10.5.